The number of methoxy groups -OCH3 is 2. The van der Waals surface area contributed by atoms with Crippen LogP contribution in [0.5, 0.6) is 5.75 Å². The van der Waals surface area contributed by atoms with Crippen LogP contribution in [-0.2, 0) is 23.8 Å². The number of anilines is 1. The fourth-order valence-electron chi connectivity index (χ4n) is 3.60. The molecule has 172 valence electrons. The molecule has 1 aliphatic heterocycles. The van der Waals surface area contributed by atoms with Gasteiger partial charge in [-0.05, 0) is 51.5 Å². The lowest BCUT2D eigenvalue weighted by molar-refractivity contribution is -0.142. The Morgan fingerprint density at radius 3 is 2.23 bits per heavy atom. The van der Waals surface area contributed by atoms with Gasteiger partial charge in [-0.2, -0.15) is 0 Å². The average Bonchev–Trinajstić information content (AvgIpc) is 3.03. The molecule has 3 atom stereocenters. The molecule has 1 fully saturated rings. The minimum Gasteiger partial charge on any atom is -0.488 e. The molecule has 1 aliphatic rings. The Kier molecular flexibility index (Phi) is 8.13. The smallest absolute Gasteiger partial charge is 0.410 e. The van der Waals surface area contributed by atoms with Crippen LogP contribution in [0.15, 0.2) is 24.3 Å². The van der Waals surface area contributed by atoms with Crippen LogP contribution >= 0.6 is 0 Å². The molecule has 1 saturated heterocycles. The summed E-state index contributed by atoms with van der Waals surface area (Å²) in [4.78, 5) is 38.3. The Hall–Kier alpha value is -2.97. The van der Waals surface area contributed by atoms with E-state index in [1.54, 1.807) is 45.0 Å². The normalized spacial score (nSPS) is 20.8. The number of carbonyl (C=O) groups is 3. The zero-order valence-electron chi connectivity index (χ0n) is 18.8. The summed E-state index contributed by atoms with van der Waals surface area (Å²) in [6.07, 6.45) is -0.553. The number of hydrogen-bond donors (Lipinski definition) is 1. The van der Waals surface area contributed by atoms with E-state index >= 15 is 0 Å². The Morgan fingerprint density at radius 1 is 1.06 bits per heavy atom. The average molecular weight is 437 g/mol. The quantitative estimate of drug-likeness (QED) is 0.394. The number of nitrogens with zero attached hydrogens (tertiary/aromatic N) is 1. The molecule has 0 spiro atoms. The van der Waals surface area contributed by atoms with Gasteiger partial charge in [0.25, 0.3) is 0 Å². The second kappa shape index (κ2) is 10.4. The Balaban J connectivity index is 2.32. The maximum absolute atomic E-state index is 12.9. The first-order valence-corrected chi connectivity index (χ1v) is 10.2. The molecule has 0 radical (unpaired) electrons. The molecule has 0 bridgehead atoms. The number of esters is 2. The Morgan fingerprint density at radius 2 is 1.68 bits per heavy atom. The van der Waals surface area contributed by atoms with Crippen LogP contribution in [0.1, 0.15) is 40.0 Å². The maximum atomic E-state index is 12.9. The fraction of sp³-hybridized carbons (Fsp3) is 0.591. The molecular formula is C22H32N2O7. The van der Waals surface area contributed by atoms with Crippen molar-refractivity contribution in [2.75, 3.05) is 26.5 Å². The molecule has 2 unspecified atom stereocenters. The number of carbonyl (C=O) groups excluding carboxylic acids is 3. The van der Waals surface area contributed by atoms with Gasteiger partial charge in [0.15, 0.2) is 0 Å². The molecule has 31 heavy (non-hydrogen) atoms. The van der Waals surface area contributed by atoms with Gasteiger partial charge in [0, 0.05) is 18.0 Å². The summed E-state index contributed by atoms with van der Waals surface area (Å²) in [6.45, 7) is 5.51. The van der Waals surface area contributed by atoms with E-state index in [1.165, 1.54) is 19.1 Å². The maximum Gasteiger partial charge on any atom is 0.410 e. The van der Waals surface area contributed by atoms with Gasteiger partial charge in [-0.15, -0.1) is 0 Å². The zero-order chi connectivity index (χ0) is 23.2. The van der Waals surface area contributed by atoms with Crippen molar-refractivity contribution in [2.24, 2.45) is 5.92 Å². The van der Waals surface area contributed by atoms with Gasteiger partial charge in [0.1, 0.15) is 17.5 Å². The summed E-state index contributed by atoms with van der Waals surface area (Å²) < 4.78 is 21.3. The number of likely N-dealkylation sites (tertiary alicyclic amines) is 1. The predicted octanol–water partition coefficient (Wildman–Crippen LogP) is 2.77. The van der Waals surface area contributed by atoms with Crippen molar-refractivity contribution in [1.82, 2.24) is 4.90 Å². The van der Waals surface area contributed by atoms with Crippen LogP contribution in [0, 0.1) is 5.92 Å². The van der Waals surface area contributed by atoms with Gasteiger partial charge >= 0.3 is 18.0 Å². The van der Waals surface area contributed by atoms with Crippen molar-refractivity contribution in [3.8, 4) is 5.75 Å². The largest absolute Gasteiger partial charge is 0.488 e. The zero-order valence-corrected chi connectivity index (χ0v) is 18.8. The lowest BCUT2D eigenvalue weighted by Crippen LogP contribution is -2.42. The molecule has 0 aliphatic carbocycles. The number of hydrogen-bond acceptors (Lipinski definition) is 8. The molecule has 1 aromatic carbocycles. The van der Waals surface area contributed by atoms with E-state index in [-0.39, 0.29) is 31.3 Å². The van der Waals surface area contributed by atoms with Gasteiger partial charge in [-0.3, -0.25) is 9.59 Å². The van der Waals surface area contributed by atoms with Crippen LogP contribution in [0.3, 0.4) is 0 Å². The molecule has 1 aromatic rings. The molecule has 2 rings (SSSR count). The highest BCUT2D eigenvalue weighted by Crippen LogP contribution is 2.35. The van der Waals surface area contributed by atoms with Crippen molar-refractivity contribution >= 4 is 23.7 Å². The predicted molar refractivity (Wildman–Crippen MR) is 113 cm³/mol. The summed E-state index contributed by atoms with van der Waals surface area (Å²) in [7, 11) is 2.61. The third-order valence-electron chi connectivity index (χ3n) is 5.06. The second-order valence-corrected chi connectivity index (χ2v) is 8.48. The lowest BCUT2D eigenvalue weighted by atomic mass is 9.90. The van der Waals surface area contributed by atoms with E-state index in [9.17, 15) is 14.4 Å². The van der Waals surface area contributed by atoms with Crippen molar-refractivity contribution in [3.63, 3.8) is 0 Å². The summed E-state index contributed by atoms with van der Waals surface area (Å²) in [5.74, 6) is -0.582. The third kappa shape index (κ3) is 7.04. The standard InChI is InChI=1S/C22H32N2O7/c1-22(2,3)31-21(27)24-13-18(30-15-8-6-14(23)7-9-15)16(10-11-19(25)28-4)17(24)12-20(26)29-5/h6-9,16-18H,10-13,23H2,1-5H3/t16-,17?,18?/m1/s1. The fourth-order valence-corrected chi connectivity index (χ4v) is 3.60. The molecule has 1 amide bonds. The van der Waals surface area contributed by atoms with Gasteiger partial charge in [0.05, 0.1) is 33.2 Å². The Labute approximate surface area is 182 Å². The van der Waals surface area contributed by atoms with Crippen molar-refractivity contribution in [2.45, 2.75) is 57.8 Å². The summed E-state index contributed by atoms with van der Waals surface area (Å²) >= 11 is 0. The third-order valence-corrected chi connectivity index (χ3v) is 5.06. The van der Waals surface area contributed by atoms with Gasteiger partial charge in [-0.1, -0.05) is 0 Å². The molecular weight excluding hydrogens is 404 g/mol. The first-order valence-electron chi connectivity index (χ1n) is 10.2. The number of nitrogen functional groups attached to an aromatic ring is 1. The van der Waals surface area contributed by atoms with E-state index < -0.39 is 29.8 Å². The molecule has 9 nitrogen and oxygen atoms in total. The van der Waals surface area contributed by atoms with Crippen LogP contribution in [0.2, 0.25) is 0 Å². The summed E-state index contributed by atoms with van der Waals surface area (Å²) in [5, 5.41) is 0. The van der Waals surface area contributed by atoms with Crippen molar-refractivity contribution in [1.29, 1.82) is 0 Å². The minimum atomic E-state index is -0.704. The van der Waals surface area contributed by atoms with Gasteiger partial charge in [-0.25, -0.2) is 4.79 Å². The van der Waals surface area contributed by atoms with E-state index in [0.29, 0.717) is 17.9 Å². The van der Waals surface area contributed by atoms with E-state index in [2.05, 4.69) is 0 Å². The van der Waals surface area contributed by atoms with E-state index in [0.717, 1.165) is 0 Å². The second-order valence-electron chi connectivity index (χ2n) is 8.48. The molecule has 9 heteroatoms. The topological polar surface area (TPSA) is 117 Å². The first-order chi connectivity index (χ1) is 14.5. The van der Waals surface area contributed by atoms with Crippen LogP contribution in [0.25, 0.3) is 0 Å². The molecule has 0 aromatic heterocycles. The highest BCUT2D eigenvalue weighted by atomic mass is 16.6. The van der Waals surface area contributed by atoms with Crippen molar-refractivity contribution < 1.29 is 33.3 Å². The highest BCUT2D eigenvalue weighted by molar-refractivity contribution is 5.74. The SMILES string of the molecule is COC(=O)CC[C@H]1C(Oc2ccc(N)cc2)CN(C(=O)OC(C)(C)C)C1CC(=O)OC. The van der Waals surface area contributed by atoms with Gasteiger partial charge in [0.2, 0.25) is 0 Å². The summed E-state index contributed by atoms with van der Waals surface area (Å²) in [5.41, 5.74) is 5.64. The van der Waals surface area contributed by atoms with Crippen LogP contribution < -0.4 is 10.5 Å². The van der Waals surface area contributed by atoms with Crippen LogP contribution in [0.4, 0.5) is 10.5 Å². The number of rotatable bonds is 7. The van der Waals surface area contributed by atoms with E-state index in [1.807, 2.05) is 0 Å². The lowest BCUT2D eigenvalue weighted by Gasteiger charge is -2.29. The van der Waals surface area contributed by atoms with Crippen molar-refractivity contribution in [3.05, 3.63) is 24.3 Å². The monoisotopic (exact) mass is 436 g/mol. The van der Waals surface area contributed by atoms with Crippen LogP contribution in [-0.4, -0.2) is 61.4 Å². The minimum absolute atomic E-state index is 0.0385. The molecule has 0 saturated carbocycles. The Bertz CT molecular complexity index is 773. The summed E-state index contributed by atoms with van der Waals surface area (Å²) in [6, 6.07) is 6.35. The van der Waals surface area contributed by atoms with E-state index in [4.69, 9.17) is 24.7 Å². The van der Waals surface area contributed by atoms with Gasteiger partial charge < -0.3 is 29.6 Å². The number of ether oxygens (including phenoxy) is 4. The number of nitrogens with two attached hydrogens (primary N) is 1. The first kappa shape index (κ1) is 24.3. The highest BCUT2D eigenvalue weighted by Gasteiger charge is 2.47. The number of amides is 1. The number of benzene rings is 1. The molecule has 2 N–H and O–H groups in total. The molecule has 1 heterocycles.